The third-order valence-electron chi connectivity index (χ3n) is 2.38. The summed E-state index contributed by atoms with van der Waals surface area (Å²) in [5, 5.41) is 9.05. The van der Waals surface area contributed by atoms with Gasteiger partial charge in [0.05, 0.1) is 18.4 Å². The minimum absolute atomic E-state index is 0.0480. The van der Waals surface area contributed by atoms with E-state index >= 15 is 0 Å². The Kier molecular flexibility index (Phi) is 5.34. The number of ether oxygens (including phenoxy) is 1. The second-order valence-electron chi connectivity index (χ2n) is 4.56. The number of carbonyl (C=O) groups is 1. The number of hydrogen-bond acceptors (Lipinski definition) is 4. The lowest BCUT2D eigenvalue weighted by atomic mass is 10.2. The van der Waals surface area contributed by atoms with Crippen LogP contribution in [0.2, 0.25) is 0 Å². The van der Waals surface area contributed by atoms with E-state index in [1.165, 1.54) is 25.3 Å². The zero-order valence-electron chi connectivity index (χ0n) is 11.5. The van der Waals surface area contributed by atoms with Gasteiger partial charge >= 0.3 is 5.97 Å². The van der Waals surface area contributed by atoms with Crippen LogP contribution in [0.25, 0.3) is 0 Å². The zero-order valence-corrected chi connectivity index (χ0v) is 12.3. The van der Waals surface area contributed by atoms with Crippen molar-refractivity contribution < 1.29 is 23.1 Å². The number of methoxy groups -OCH3 is 1. The summed E-state index contributed by atoms with van der Waals surface area (Å²) in [6.07, 6.45) is 0. The summed E-state index contributed by atoms with van der Waals surface area (Å²) in [4.78, 5) is 11.1. The third-order valence-corrected chi connectivity index (χ3v) is 3.42. The van der Waals surface area contributed by atoms with Gasteiger partial charge in [0.25, 0.3) is 10.2 Å². The molecule has 0 bridgehead atoms. The molecule has 0 amide bonds. The van der Waals surface area contributed by atoms with Crippen molar-refractivity contribution in [3.63, 3.8) is 0 Å². The molecule has 0 radical (unpaired) electrons. The molecule has 3 N–H and O–H groups in total. The fourth-order valence-corrected chi connectivity index (χ4v) is 2.46. The number of aromatic carboxylic acids is 1. The summed E-state index contributed by atoms with van der Waals surface area (Å²) < 4.78 is 33.1. The van der Waals surface area contributed by atoms with Crippen molar-refractivity contribution in [2.45, 2.75) is 13.8 Å². The number of anilines is 1. The summed E-state index contributed by atoms with van der Waals surface area (Å²) in [6.45, 7) is 3.97. The Labute approximate surface area is 118 Å². The van der Waals surface area contributed by atoms with Crippen LogP contribution in [0, 0.1) is 5.92 Å². The zero-order chi connectivity index (χ0) is 15.3. The van der Waals surface area contributed by atoms with Gasteiger partial charge in [0.1, 0.15) is 5.75 Å². The molecule has 0 spiro atoms. The predicted octanol–water partition coefficient (Wildman–Crippen LogP) is 1.30. The second kappa shape index (κ2) is 6.58. The second-order valence-corrected chi connectivity index (χ2v) is 6.06. The smallest absolute Gasteiger partial charge is 0.337 e. The summed E-state index contributed by atoms with van der Waals surface area (Å²) in [5.41, 5.74) is -0.200. The van der Waals surface area contributed by atoms with Crippen LogP contribution in [0.3, 0.4) is 0 Å². The monoisotopic (exact) mass is 302 g/mol. The molecule has 0 aliphatic heterocycles. The van der Waals surface area contributed by atoms with E-state index in [4.69, 9.17) is 9.84 Å². The quantitative estimate of drug-likeness (QED) is 0.704. The van der Waals surface area contributed by atoms with Crippen LogP contribution in [-0.4, -0.2) is 33.1 Å². The van der Waals surface area contributed by atoms with E-state index < -0.39 is 16.2 Å². The molecule has 0 aromatic heterocycles. The Balaban J connectivity index is 3.03. The molecule has 1 aromatic carbocycles. The molecule has 112 valence electrons. The van der Waals surface area contributed by atoms with E-state index in [0.29, 0.717) is 5.75 Å². The van der Waals surface area contributed by atoms with E-state index in [9.17, 15) is 13.2 Å². The van der Waals surface area contributed by atoms with Crippen molar-refractivity contribution >= 4 is 21.9 Å². The van der Waals surface area contributed by atoms with Gasteiger partial charge < -0.3 is 9.84 Å². The van der Waals surface area contributed by atoms with E-state index in [0.717, 1.165) is 0 Å². The Morgan fingerprint density at radius 2 is 2.05 bits per heavy atom. The Morgan fingerprint density at radius 3 is 2.55 bits per heavy atom. The van der Waals surface area contributed by atoms with E-state index in [2.05, 4.69) is 9.44 Å². The predicted molar refractivity (Wildman–Crippen MR) is 75.3 cm³/mol. The van der Waals surface area contributed by atoms with Gasteiger partial charge in [0, 0.05) is 12.6 Å². The fourth-order valence-electron chi connectivity index (χ4n) is 1.38. The highest BCUT2D eigenvalue weighted by molar-refractivity contribution is 7.90. The van der Waals surface area contributed by atoms with Gasteiger partial charge in [-0.1, -0.05) is 13.8 Å². The van der Waals surface area contributed by atoms with Crippen LogP contribution in [-0.2, 0) is 10.2 Å². The van der Waals surface area contributed by atoms with Crippen molar-refractivity contribution in [3.05, 3.63) is 23.8 Å². The summed E-state index contributed by atoms with van der Waals surface area (Å²) >= 11 is 0. The standard InChI is InChI=1S/C12H18N2O5S/c1-8(2)7-13-20(17,18)14-11-6-9(19-3)4-5-10(11)12(15)16/h4-6,8,13-14H,7H2,1-3H3,(H,15,16). The molecular weight excluding hydrogens is 284 g/mol. The number of benzene rings is 1. The molecule has 8 heteroatoms. The molecule has 1 rings (SSSR count). The Morgan fingerprint density at radius 1 is 1.40 bits per heavy atom. The highest BCUT2D eigenvalue weighted by atomic mass is 32.2. The number of nitrogens with one attached hydrogen (secondary N) is 2. The first-order chi connectivity index (χ1) is 9.25. The number of carboxylic acid groups (broad SMARTS) is 1. The minimum Gasteiger partial charge on any atom is -0.497 e. The van der Waals surface area contributed by atoms with Crippen molar-refractivity contribution in [2.24, 2.45) is 5.92 Å². The van der Waals surface area contributed by atoms with Crippen LogP contribution < -0.4 is 14.2 Å². The van der Waals surface area contributed by atoms with Crippen LogP contribution in [0.5, 0.6) is 5.75 Å². The molecule has 0 atom stereocenters. The van der Waals surface area contributed by atoms with E-state index in [1.807, 2.05) is 13.8 Å². The lowest BCUT2D eigenvalue weighted by molar-refractivity contribution is 0.0698. The maximum Gasteiger partial charge on any atom is 0.337 e. The molecule has 7 nitrogen and oxygen atoms in total. The lowest BCUT2D eigenvalue weighted by Gasteiger charge is -2.13. The molecule has 20 heavy (non-hydrogen) atoms. The van der Waals surface area contributed by atoms with Gasteiger partial charge in [-0.2, -0.15) is 13.1 Å². The van der Waals surface area contributed by atoms with Gasteiger partial charge in [0.15, 0.2) is 0 Å². The maximum absolute atomic E-state index is 11.8. The van der Waals surface area contributed by atoms with Gasteiger partial charge in [-0.3, -0.25) is 4.72 Å². The van der Waals surface area contributed by atoms with Crippen LogP contribution >= 0.6 is 0 Å². The van der Waals surface area contributed by atoms with Crippen molar-refractivity contribution in [2.75, 3.05) is 18.4 Å². The molecule has 0 aliphatic carbocycles. The average Bonchev–Trinajstić information content (AvgIpc) is 2.35. The fraction of sp³-hybridized carbons (Fsp3) is 0.417. The third kappa shape index (κ3) is 4.71. The average molecular weight is 302 g/mol. The van der Waals surface area contributed by atoms with Crippen LogP contribution in [0.4, 0.5) is 5.69 Å². The first-order valence-corrected chi connectivity index (χ1v) is 7.42. The molecule has 0 aliphatic rings. The topological polar surface area (TPSA) is 105 Å². The summed E-state index contributed by atoms with van der Waals surface area (Å²) in [5.74, 6) is -0.735. The first kappa shape index (κ1) is 16.3. The van der Waals surface area contributed by atoms with Gasteiger partial charge in [-0.25, -0.2) is 4.79 Å². The summed E-state index contributed by atoms with van der Waals surface area (Å²) in [6, 6.07) is 4.04. The van der Waals surface area contributed by atoms with Crippen molar-refractivity contribution in [3.8, 4) is 5.75 Å². The molecule has 0 heterocycles. The van der Waals surface area contributed by atoms with Crippen molar-refractivity contribution in [1.29, 1.82) is 0 Å². The van der Waals surface area contributed by atoms with Crippen molar-refractivity contribution in [1.82, 2.24) is 4.72 Å². The normalized spacial score (nSPS) is 11.4. The highest BCUT2D eigenvalue weighted by Gasteiger charge is 2.17. The molecule has 0 saturated carbocycles. The summed E-state index contributed by atoms with van der Waals surface area (Å²) in [7, 11) is -2.42. The Hall–Kier alpha value is -1.80. The van der Waals surface area contributed by atoms with Crippen LogP contribution in [0.1, 0.15) is 24.2 Å². The number of carboxylic acids is 1. The maximum atomic E-state index is 11.8. The largest absolute Gasteiger partial charge is 0.497 e. The molecule has 1 aromatic rings. The van der Waals surface area contributed by atoms with Gasteiger partial charge in [-0.05, 0) is 18.1 Å². The molecule has 0 unspecified atom stereocenters. The highest BCUT2D eigenvalue weighted by Crippen LogP contribution is 2.23. The van der Waals surface area contributed by atoms with E-state index in [1.54, 1.807) is 0 Å². The minimum atomic E-state index is -3.83. The number of rotatable bonds is 7. The van der Waals surface area contributed by atoms with Crippen LogP contribution in [0.15, 0.2) is 18.2 Å². The van der Waals surface area contributed by atoms with E-state index in [-0.39, 0.29) is 23.7 Å². The lowest BCUT2D eigenvalue weighted by Crippen LogP contribution is -2.33. The van der Waals surface area contributed by atoms with Gasteiger partial charge in [-0.15, -0.1) is 0 Å². The van der Waals surface area contributed by atoms with Gasteiger partial charge in [0.2, 0.25) is 0 Å². The first-order valence-electron chi connectivity index (χ1n) is 5.94. The molecule has 0 saturated heterocycles. The molecule has 0 fully saturated rings. The number of hydrogen-bond donors (Lipinski definition) is 3. The SMILES string of the molecule is COc1ccc(C(=O)O)c(NS(=O)(=O)NCC(C)C)c1. The Bertz CT molecular complexity index is 584. The molecular formula is C12H18N2O5S.